The van der Waals surface area contributed by atoms with E-state index in [0.717, 1.165) is 0 Å². The van der Waals surface area contributed by atoms with Gasteiger partial charge in [-0.3, -0.25) is 14.6 Å². The number of pyridine rings is 3. The number of nitrogens with zero attached hydrogens (tertiary/aromatic N) is 4. The van der Waals surface area contributed by atoms with Gasteiger partial charge in [0, 0.05) is 37.3 Å². The minimum absolute atomic E-state index is 0.139. The number of hydrogen-bond acceptors (Lipinski definition) is 8. The minimum atomic E-state index is -0.718. The molecule has 3 aromatic rings. The third-order valence-electron chi connectivity index (χ3n) is 6.32. The quantitative estimate of drug-likeness (QED) is 0.517. The normalized spacial score (nSPS) is 16.5. The standard InChI is InChI=1S/C24H24F2N6O3S/c1-35-20-3-2-17-21(30-20)14(16(26)11-27-17)6-9-32-7-4-13(5-8-32)28-24(34)22-15(25)10-18-23(31-22)29-19(33)12-36-18/h2-3,10-11,13H,4-9,12H2,1H3,(H,28,34)(H,29,31,33). The molecule has 0 radical (unpaired) electrons. The van der Waals surface area contributed by atoms with E-state index in [1.165, 1.54) is 31.1 Å². The van der Waals surface area contributed by atoms with Crippen molar-refractivity contribution in [1.82, 2.24) is 25.2 Å². The van der Waals surface area contributed by atoms with E-state index in [1.807, 2.05) is 0 Å². The number of nitrogens with one attached hydrogen (secondary N) is 2. The van der Waals surface area contributed by atoms with Gasteiger partial charge in [-0.1, -0.05) is 0 Å². The molecule has 2 N–H and O–H groups in total. The maximum absolute atomic E-state index is 14.6. The zero-order valence-electron chi connectivity index (χ0n) is 19.5. The van der Waals surface area contributed by atoms with Crippen molar-refractivity contribution in [1.29, 1.82) is 0 Å². The summed E-state index contributed by atoms with van der Waals surface area (Å²) in [6.45, 7) is 2.01. The van der Waals surface area contributed by atoms with Gasteiger partial charge in [-0.25, -0.2) is 18.7 Å². The first kappa shape index (κ1) is 24.3. The van der Waals surface area contributed by atoms with Crippen LogP contribution in [0.4, 0.5) is 14.6 Å². The predicted molar refractivity (Wildman–Crippen MR) is 130 cm³/mol. The number of thioether (sulfide) groups is 1. The lowest BCUT2D eigenvalue weighted by Gasteiger charge is -2.32. The SMILES string of the molecule is COc1ccc2ncc(F)c(CCN3CCC(NC(=O)c4nc5c(cc4F)SCC(=O)N5)CC3)c2n1. The molecule has 1 saturated heterocycles. The number of anilines is 1. The molecule has 5 rings (SSSR count). The Bertz CT molecular complexity index is 1330. The fourth-order valence-electron chi connectivity index (χ4n) is 4.40. The maximum atomic E-state index is 14.6. The number of likely N-dealkylation sites (tertiary alicyclic amines) is 1. The van der Waals surface area contributed by atoms with Crippen molar-refractivity contribution in [2.24, 2.45) is 0 Å². The van der Waals surface area contributed by atoms with Crippen molar-refractivity contribution in [3.8, 4) is 5.88 Å². The zero-order valence-corrected chi connectivity index (χ0v) is 20.3. The highest BCUT2D eigenvalue weighted by atomic mass is 32.2. The van der Waals surface area contributed by atoms with E-state index in [2.05, 4.69) is 30.5 Å². The number of fused-ring (bicyclic) bond motifs is 2. The molecule has 0 spiro atoms. The van der Waals surface area contributed by atoms with Gasteiger partial charge >= 0.3 is 0 Å². The molecule has 9 nitrogen and oxygen atoms in total. The number of aromatic nitrogens is 3. The van der Waals surface area contributed by atoms with E-state index in [-0.39, 0.29) is 29.2 Å². The highest BCUT2D eigenvalue weighted by molar-refractivity contribution is 8.00. The number of carbonyl (C=O) groups is 2. The molecule has 0 saturated carbocycles. The molecular weight excluding hydrogens is 490 g/mol. The van der Waals surface area contributed by atoms with Gasteiger partial charge in [-0.05, 0) is 31.4 Å². The molecule has 0 aromatic carbocycles. The van der Waals surface area contributed by atoms with E-state index >= 15 is 0 Å². The molecule has 188 valence electrons. The second-order valence-corrected chi connectivity index (χ2v) is 9.66. The molecule has 0 unspecified atom stereocenters. The fraction of sp³-hybridized carbons (Fsp3) is 0.375. The van der Waals surface area contributed by atoms with Gasteiger partial charge in [0.2, 0.25) is 11.8 Å². The summed E-state index contributed by atoms with van der Waals surface area (Å²) in [5.41, 5.74) is 1.26. The Morgan fingerprint density at radius 1 is 1.25 bits per heavy atom. The number of rotatable bonds is 6. The molecule has 12 heteroatoms. The van der Waals surface area contributed by atoms with Crippen molar-refractivity contribution < 1.29 is 23.1 Å². The summed E-state index contributed by atoms with van der Waals surface area (Å²) in [6.07, 6.45) is 2.99. The largest absolute Gasteiger partial charge is 0.481 e. The number of carbonyl (C=O) groups excluding carboxylic acids is 2. The van der Waals surface area contributed by atoms with Crippen molar-refractivity contribution in [3.63, 3.8) is 0 Å². The van der Waals surface area contributed by atoms with Crippen LogP contribution in [0, 0.1) is 11.6 Å². The number of amides is 2. The highest BCUT2D eigenvalue weighted by Crippen LogP contribution is 2.31. The number of methoxy groups -OCH3 is 1. The van der Waals surface area contributed by atoms with Crippen LogP contribution in [0.5, 0.6) is 5.88 Å². The lowest BCUT2D eigenvalue weighted by Crippen LogP contribution is -2.45. The molecule has 2 aliphatic heterocycles. The Morgan fingerprint density at radius 3 is 2.83 bits per heavy atom. The first-order valence-electron chi connectivity index (χ1n) is 11.6. The van der Waals surface area contributed by atoms with Gasteiger partial charge in [-0.2, -0.15) is 0 Å². The fourth-order valence-corrected chi connectivity index (χ4v) is 5.17. The molecule has 5 heterocycles. The number of hydrogen-bond donors (Lipinski definition) is 2. The first-order chi connectivity index (χ1) is 17.4. The predicted octanol–water partition coefficient (Wildman–Crippen LogP) is 2.79. The van der Waals surface area contributed by atoms with Gasteiger partial charge in [0.1, 0.15) is 11.6 Å². The second kappa shape index (κ2) is 10.3. The number of halogens is 2. The van der Waals surface area contributed by atoms with Crippen LogP contribution >= 0.6 is 11.8 Å². The highest BCUT2D eigenvalue weighted by Gasteiger charge is 2.26. The molecule has 36 heavy (non-hydrogen) atoms. The molecule has 1 fully saturated rings. The average Bonchev–Trinajstić information content (AvgIpc) is 2.88. The van der Waals surface area contributed by atoms with E-state index in [9.17, 15) is 18.4 Å². The smallest absolute Gasteiger partial charge is 0.273 e. The molecule has 0 bridgehead atoms. The van der Waals surface area contributed by atoms with Crippen molar-refractivity contribution in [2.45, 2.75) is 30.2 Å². The summed E-state index contributed by atoms with van der Waals surface area (Å²) in [6, 6.07) is 4.54. The summed E-state index contributed by atoms with van der Waals surface area (Å²) < 4.78 is 34.2. The van der Waals surface area contributed by atoms with Crippen molar-refractivity contribution in [3.05, 3.63) is 47.3 Å². The lowest BCUT2D eigenvalue weighted by molar-refractivity contribution is -0.113. The second-order valence-electron chi connectivity index (χ2n) is 8.65. The minimum Gasteiger partial charge on any atom is -0.481 e. The van der Waals surface area contributed by atoms with Crippen molar-refractivity contribution >= 4 is 40.4 Å². The molecular formula is C24H24F2N6O3S. The lowest BCUT2D eigenvalue weighted by atomic mass is 10.0. The van der Waals surface area contributed by atoms with Gasteiger partial charge in [0.25, 0.3) is 5.91 Å². The third-order valence-corrected chi connectivity index (χ3v) is 7.35. The Morgan fingerprint density at radius 2 is 2.06 bits per heavy atom. The van der Waals surface area contributed by atoms with Gasteiger partial charge in [-0.15, -0.1) is 11.8 Å². The topological polar surface area (TPSA) is 109 Å². The van der Waals surface area contributed by atoms with E-state index in [0.29, 0.717) is 66.3 Å². The summed E-state index contributed by atoms with van der Waals surface area (Å²) in [4.78, 5) is 39.5. The summed E-state index contributed by atoms with van der Waals surface area (Å²) in [5.74, 6) is -1.17. The number of piperidine rings is 1. The average molecular weight is 515 g/mol. The van der Waals surface area contributed by atoms with Crippen LogP contribution in [0.25, 0.3) is 11.0 Å². The Kier molecular flexibility index (Phi) is 6.97. The maximum Gasteiger partial charge on any atom is 0.273 e. The Labute approximate surface area is 210 Å². The van der Waals surface area contributed by atoms with Crippen LogP contribution in [0.3, 0.4) is 0 Å². The summed E-state index contributed by atoms with van der Waals surface area (Å²) >= 11 is 1.18. The van der Waals surface area contributed by atoms with Gasteiger partial charge < -0.3 is 20.3 Å². The van der Waals surface area contributed by atoms with E-state index in [4.69, 9.17) is 4.74 Å². The zero-order chi connectivity index (χ0) is 25.2. The van der Waals surface area contributed by atoms with Gasteiger partial charge in [0.15, 0.2) is 11.5 Å². The molecule has 0 atom stereocenters. The van der Waals surface area contributed by atoms with E-state index in [1.54, 1.807) is 12.1 Å². The van der Waals surface area contributed by atoms with Crippen LogP contribution in [0.1, 0.15) is 28.9 Å². The Balaban J connectivity index is 1.18. The van der Waals surface area contributed by atoms with E-state index < -0.39 is 17.5 Å². The summed E-state index contributed by atoms with van der Waals surface area (Å²) in [7, 11) is 1.51. The Hall–Kier alpha value is -3.38. The van der Waals surface area contributed by atoms with Gasteiger partial charge in [0.05, 0.1) is 35.0 Å². The molecule has 0 aliphatic carbocycles. The van der Waals surface area contributed by atoms with Crippen LogP contribution in [0.15, 0.2) is 29.3 Å². The van der Waals surface area contributed by atoms with Crippen molar-refractivity contribution in [2.75, 3.05) is 37.8 Å². The first-order valence-corrected chi connectivity index (χ1v) is 12.5. The van der Waals surface area contributed by atoms with Crippen LogP contribution < -0.4 is 15.4 Å². The molecule has 2 aliphatic rings. The van der Waals surface area contributed by atoms with Crippen LogP contribution in [-0.4, -0.2) is 70.2 Å². The third kappa shape index (κ3) is 5.09. The summed E-state index contributed by atoms with van der Waals surface area (Å²) in [5, 5.41) is 5.43. The number of ether oxygens (including phenoxy) is 1. The molecule has 3 aromatic heterocycles. The molecule has 2 amide bonds. The monoisotopic (exact) mass is 514 g/mol. The van der Waals surface area contributed by atoms with Crippen LogP contribution in [-0.2, 0) is 11.2 Å². The van der Waals surface area contributed by atoms with Crippen LogP contribution in [0.2, 0.25) is 0 Å².